The molecular formula is C39H48ClN2O5S+. The molecule has 256 valence electrons. The van der Waals surface area contributed by atoms with Gasteiger partial charge in [0.1, 0.15) is 6.54 Å². The molecule has 7 nitrogen and oxygen atoms in total. The fourth-order valence-corrected chi connectivity index (χ4v) is 8.46. The van der Waals surface area contributed by atoms with Gasteiger partial charge < -0.3 is 10.0 Å². The van der Waals surface area contributed by atoms with E-state index in [9.17, 15) is 22.9 Å². The fourth-order valence-electron chi connectivity index (χ4n) is 7.64. The largest absolute Gasteiger partial charge is 0.481 e. The predicted octanol–water partition coefficient (Wildman–Crippen LogP) is 9.12. The zero-order valence-electron chi connectivity index (χ0n) is 28.9. The van der Waals surface area contributed by atoms with E-state index in [4.69, 9.17) is 11.6 Å². The number of carboxylic acid groups (broad SMARTS) is 1. The number of carbonyl (C=O) groups is 1. The molecule has 0 saturated heterocycles. The first-order chi connectivity index (χ1) is 22.7. The van der Waals surface area contributed by atoms with Crippen LogP contribution >= 0.6 is 11.6 Å². The summed E-state index contributed by atoms with van der Waals surface area (Å²) in [6, 6.07) is 11.4. The first-order valence-electron chi connectivity index (χ1n) is 17.1. The van der Waals surface area contributed by atoms with Crippen molar-refractivity contribution in [2.45, 2.75) is 102 Å². The Morgan fingerprint density at radius 3 is 2.38 bits per heavy atom. The third-order valence-electron chi connectivity index (χ3n) is 10.7. The van der Waals surface area contributed by atoms with Gasteiger partial charge in [-0.25, -0.2) is 0 Å². The van der Waals surface area contributed by atoms with Gasteiger partial charge in [0.15, 0.2) is 5.71 Å². The Labute approximate surface area is 290 Å². The lowest BCUT2D eigenvalue weighted by molar-refractivity contribution is -0.433. The van der Waals surface area contributed by atoms with E-state index in [1.165, 1.54) is 28.6 Å². The third-order valence-corrected chi connectivity index (χ3v) is 12.1. The molecule has 2 aromatic rings. The second kappa shape index (κ2) is 13.8. The smallest absolute Gasteiger partial charge is 0.303 e. The van der Waals surface area contributed by atoms with Crippen LogP contribution in [0.4, 0.5) is 11.4 Å². The zero-order valence-corrected chi connectivity index (χ0v) is 30.5. The number of nitrogens with zero attached hydrogens (tertiary/aromatic N) is 2. The molecule has 0 bridgehead atoms. The summed E-state index contributed by atoms with van der Waals surface area (Å²) in [5.74, 6) is -0.863. The SMILES string of the molecule is CC[N+]1=C(/C=C/C2=C(Cl)C(=C/C=C3/N(CCCC(=O)O)c4ccc(S(=O)(=O)O)cc4C3(C)CC)/CCC2)C(C)(CC)c2cc(C)ccc21. The van der Waals surface area contributed by atoms with Crippen molar-refractivity contribution in [3.8, 4) is 0 Å². The van der Waals surface area contributed by atoms with Crippen LogP contribution in [0.1, 0.15) is 96.3 Å². The van der Waals surface area contributed by atoms with Gasteiger partial charge in [0, 0.05) is 52.5 Å². The molecule has 2 N–H and O–H groups in total. The van der Waals surface area contributed by atoms with E-state index >= 15 is 0 Å². The molecule has 0 fully saturated rings. The lowest BCUT2D eigenvalue weighted by Crippen LogP contribution is -2.30. The molecule has 1 aliphatic carbocycles. The van der Waals surface area contributed by atoms with Gasteiger partial charge in [-0.1, -0.05) is 49.2 Å². The van der Waals surface area contributed by atoms with Crippen LogP contribution in [0.15, 0.2) is 87.5 Å². The number of carboxylic acids is 1. The van der Waals surface area contributed by atoms with Gasteiger partial charge in [-0.05, 0) is 113 Å². The van der Waals surface area contributed by atoms with Gasteiger partial charge in [0.05, 0.1) is 10.3 Å². The highest BCUT2D eigenvalue weighted by molar-refractivity contribution is 7.85. The Kier molecular flexibility index (Phi) is 10.3. The average molecular weight is 692 g/mol. The second-order valence-corrected chi connectivity index (χ2v) is 15.4. The third kappa shape index (κ3) is 6.47. The molecule has 0 radical (unpaired) electrons. The standard InChI is InChI=1S/C39H47ClN2O5S/c1-7-38(5)30-24-26(4)15-19-32(30)41(9-3)34(38)21-16-27-12-10-13-28(37(27)40)17-22-35-39(6,8-2)31-25-29(48(45,46)47)18-20-33(31)42(35)23-11-14-36(43)44/h15-22,24-25H,7-14,23H2,1-6H3,(H-,43,44,45,46,47)/p+1. The molecule has 3 aliphatic rings. The minimum absolute atomic E-state index is 0.0205. The number of benzene rings is 2. The predicted molar refractivity (Wildman–Crippen MR) is 194 cm³/mol. The number of aliphatic carboxylic acids is 1. The summed E-state index contributed by atoms with van der Waals surface area (Å²) in [6.07, 6.45) is 13.4. The monoisotopic (exact) mass is 691 g/mol. The number of fused-ring (bicyclic) bond motifs is 2. The highest BCUT2D eigenvalue weighted by Crippen LogP contribution is 2.51. The van der Waals surface area contributed by atoms with E-state index in [0.717, 1.165) is 65.4 Å². The minimum Gasteiger partial charge on any atom is -0.481 e. The fraction of sp³-hybridized carbons (Fsp3) is 0.436. The Morgan fingerprint density at radius 1 is 1.00 bits per heavy atom. The molecule has 2 aromatic carbocycles. The van der Waals surface area contributed by atoms with Gasteiger partial charge in [0.25, 0.3) is 10.1 Å². The summed E-state index contributed by atoms with van der Waals surface area (Å²) in [4.78, 5) is 13.3. The summed E-state index contributed by atoms with van der Waals surface area (Å²) in [5.41, 5.74) is 9.23. The van der Waals surface area contributed by atoms with Crippen LogP contribution < -0.4 is 4.90 Å². The molecule has 5 rings (SSSR count). The van der Waals surface area contributed by atoms with Crippen LogP contribution in [0.3, 0.4) is 0 Å². The normalized spacial score (nSPS) is 24.4. The van der Waals surface area contributed by atoms with Gasteiger partial charge in [-0.15, -0.1) is 0 Å². The maximum atomic E-state index is 12.1. The zero-order chi connectivity index (χ0) is 35.0. The van der Waals surface area contributed by atoms with Crippen LogP contribution in [0.2, 0.25) is 0 Å². The lowest BCUT2D eigenvalue weighted by atomic mass is 9.76. The number of allylic oxidation sites excluding steroid dienone is 8. The molecule has 9 heteroatoms. The van der Waals surface area contributed by atoms with Crippen LogP contribution in [0.5, 0.6) is 0 Å². The van der Waals surface area contributed by atoms with E-state index in [2.05, 4.69) is 86.6 Å². The topological polar surface area (TPSA) is 97.9 Å². The van der Waals surface area contributed by atoms with E-state index in [1.807, 2.05) is 6.92 Å². The number of hydrogen-bond donors (Lipinski definition) is 2. The Hall–Kier alpha value is -3.46. The van der Waals surface area contributed by atoms with E-state index < -0.39 is 21.5 Å². The lowest BCUT2D eigenvalue weighted by Gasteiger charge is -2.29. The van der Waals surface area contributed by atoms with Crippen molar-refractivity contribution >= 4 is 44.8 Å². The molecule has 2 atom stereocenters. The van der Waals surface area contributed by atoms with Crippen LogP contribution in [0.25, 0.3) is 0 Å². The molecular weight excluding hydrogens is 644 g/mol. The van der Waals surface area contributed by atoms with E-state index in [1.54, 1.807) is 12.1 Å². The number of rotatable bonds is 11. The summed E-state index contributed by atoms with van der Waals surface area (Å²) in [7, 11) is -4.39. The summed E-state index contributed by atoms with van der Waals surface area (Å²) in [5, 5.41) is 10.1. The van der Waals surface area contributed by atoms with Crippen molar-refractivity contribution in [3.63, 3.8) is 0 Å². The highest BCUT2D eigenvalue weighted by atomic mass is 35.5. The van der Waals surface area contributed by atoms with Gasteiger partial charge in [0.2, 0.25) is 5.69 Å². The Morgan fingerprint density at radius 2 is 1.73 bits per heavy atom. The van der Waals surface area contributed by atoms with Crippen molar-refractivity contribution in [2.75, 3.05) is 18.0 Å². The maximum Gasteiger partial charge on any atom is 0.303 e. The maximum absolute atomic E-state index is 12.1. The van der Waals surface area contributed by atoms with Crippen LogP contribution in [-0.4, -0.2) is 47.4 Å². The summed E-state index contributed by atoms with van der Waals surface area (Å²) >= 11 is 7.16. The number of aryl methyl sites for hydroxylation is 1. The minimum atomic E-state index is -4.39. The van der Waals surface area contributed by atoms with Gasteiger partial charge in [-0.3, -0.25) is 9.35 Å². The van der Waals surface area contributed by atoms with Crippen LogP contribution in [0, 0.1) is 6.92 Å². The Bertz CT molecular complexity index is 1900. The molecule has 2 unspecified atom stereocenters. The van der Waals surface area contributed by atoms with Crippen molar-refractivity contribution < 1.29 is 27.4 Å². The quantitative estimate of drug-likeness (QED) is 0.180. The first-order valence-corrected chi connectivity index (χ1v) is 18.9. The van der Waals surface area contributed by atoms with Gasteiger partial charge in [-0.2, -0.15) is 13.0 Å². The first kappa shape index (κ1) is 35.8. The van der Waals surface area contributed by atoms with Gasteiger partial charge >= 0.3 is 5.97 Å². The Balaban J connectivity index is 1.54. The van der Waals surface area contributed by atoms with Crippen molar-refractivity contribution in [3.05, 3.63) is 99.3 Å². The van der Waals surface area contributed by atoms with Crippen molar-refractivity contribution in [2.24, 2.45) is 0 Å². The molecule has 0 saturated carbocycles. The highest BCUT2D eigenvalue weighted by Gasteiger charge is 2.46. The summed E-state index contributed by atoms with van der Waals surface area (Å²) < 4.78 is 36.3. The second-order valence-electron chi connectivity index (χ2n) is 13.6. The molecule has 48 heavy (non-hydrogen) atoms. The summed E-state index contributed by atoms with van der Waals surface area (Å²) in [6.45, 7) is 14.4. The average Bonchev–Trinajstić information content (AvgIpc) is 3.43. The molecule has 0 spiro atoms. The van der Waals surface area contributed by atoms with Crippen molar-refractivity contribution in [1.29, 1.82) is 0 Å². The molecule has 2 aliphatic heterocycles. The van der Waals surface area contributed by atoms with Crippen LogP contribution in [-0.2, 0) is 25.7 Å². The van der Waals surface area contributed by atoms with E-state index in [-0.39, 0.29) is 16.7 Å². The molecule has 2 heterocycles. The van der Waals surface area contributed by atoms with Crippen molar-refractivity contribution in [1.82, 2.24) is 0 Å². The number of hydrogen-bond acceptors (Lipinski definition) is 4. The molecule has 0 amide bonds. The van der Waals surface area contributed by atoms with E-state index in [0.29, 0.717) is 19.4 Å². The number of halogens is 1. The number of anilines is 1. The molecule has 0 aromatic heterocycles.